The molecule has 2 aromatic rings. The lowest BCUT2D eigenvalue weighted by molar-refractivity contribution is 0.0811. The van der Waals surface area contributed by atoms with Crippen molar-refractivity contribution in [1.29, 1.82) is 0 Å². The molecule has 0 spiro atoms. The molecule has 3 nitrogen and oxygen atoms in total. The third-order valence-corrected chi connectivity index (χ3v) is 4.55. The van der Waals surface area contributed by atoms with Crippen LogP contribution in [-0.4, -0.2) is 28.9 Å². The lowest BCUT2D eigenvalue weighted by Gasteiger charge is -2.32. The minimum Gasteiger partial charge on any atom is -0.392 e. The van der Waals surface area contributed by atoms with Gasteiger partial charge in [0.25, 0.3) is 0 Å². The number of rotatable bonds is 5. The average Bonchev–Trinajstić information content (AvgIpc) is 2.62. The Balaban J connectivity index is 1.64. The number of benzene rings is 2. The van der Waals surface area contributed by atoms with Crippen LogP contribution in [0.3, 0.4) is 0 Å². The van der Waals surface area contributed by atoms with E-state index in [1.54, 1.807) is 0 Å². The molecular formula is C20H23NO2. The monoisotopic (exact) mass is 309 g/mol. The van der Waals surface area contributed by atoms with E-state index in [9.17, 15) is 4.79 Å². The zero-order valence-electron chi connectivity index (χ0n) is 13.3. The number of piperidine rings is 1. The van der Waals surface area contributed by atoms with Gasteiger partial charge >= 0.3 is 0 Å². The summed E-state index contributed by atoms with van der Waals surface area (Å²) in [7, 11) is 0. The molecule has 0 bridgehead atoms. The summed E-state index contributed by atoms with van der Waals surface area (Å²) in [5.41, 5.74) is 2.90. The highest BCUT2D eigenvalue weighted by molar-refractivity contribution is 5.98. The fraction of sp³-hybridized carbons (Fsp3) is 0.350. The Morgan fingerprint density at radius 3 is 2.48 bits per heavy atom. The van der Waals surface area contributed by atoms with E-state index in [4.69, 9.17) is 5.11 Å². The number of carbonyl (C=O) groups is 1. The summed E-state index contributed by atoms with van der Waals surface area (Å²) in [6, 6.07) is 17.8. The molecule has 0 radical (unpaired) electrons. The number of nitrogens with zero attached hydrogens (tertiary/aromatic N) is 1. The van der Waals surface area contributed by atoms with Crippen LogP contribution >= 0.6 is 0 Å². The van der Waals surface area contributed by atoms with Crippen LogP contribution < -0.4 is 0 Å². The maximum atomic E-state index is 12.7. The third kappa shape index (κ3) is 4.06. The number of aliphatic hydroxyl groups excluding tert-OH is 1. The summed E-state index contributed by atoms with van der Waals surface area (Å²) in [5, 5.41) is 9.10. The maximum absolute atomic E-state index is 12.7. The van der Waals surface area contributed by atoms with Crippen molar-refractivity contribution in [2.24, 2.45) is 5.92 Å². The van der Waals surface area contributed by atoms with Crippen LogP contribution in [0.25, 0.3) is 0 Å². The number of hydrogen-bond acceptors (Lipinski definition) is 3. The molecule has 2 aromatic carbocycles. The molecule has 1 fully saturated rings. The summed E-state index contributed by atoms with van der Waals surface area (Å²) in [6.07, 6.45) is 2.03. The lowest BCUT2D eigenvalue weighted by atomic mass is 9.89. The van der Waals surface area contributed by atoms with Crippen LogP contribution in [0.15, 0.2) is 54.6 Å². The van der Waals surface area contributed by atoms with Crippen LogP contribution in [0.4, 0.5) is 0 Å². The highest BCUT2D eigenvalue weighted by Gasteiger charge is 2.26. The molecule has 120 valence electrons. The molecule has 1 N–H and O–H groups in total. The SMILES string of the molecule is O=C(c1ccc(CO)cc1)C1CCCN(Cc2ccccc2)C1. The van der Waals surface area contributed by atoms with Gasteiger partial charge in [-0.05, 0) is 30.5 Å². The zero-order valence-corrected chi connectivity index (χ0v) is 13.3. The van der Waals surface area contributed by atoms with Gasteiger partial charge in [-0.15, -0.1) is 0 Å². The van der Waals surface area contributed by atoms with E-state index in [1.807, 2.05) is 30.3 Å². The average molecular weight is 309 g/mol. The predicted molar refractivity (Wildman–Crippen MR) is 91.1 cm³/mol. The molecule has 0 aromatic heterocycles. The second kappa shape index (κ2) is 7.53. The molecule has 1 atom stereocenters. The lowest BCUT2D eigenvalue weighted by Crippen LogP contribution is -2.38. The molecule has 3 rings (SSSR count). The number of hydrogen-bond donors (Lipinski definition) is 1. The van der Waals surface area contributed by atoms with Crippen LogP contribution in [0.5, 0.6) is 0 Å². The second-order valence-electron chi connectivity index (χ2n) is 6.28. The maximum Gasteiger partial charge on any atom is 0.167 e. The van der Waals surface area contributed by atoms with Crippen molar-refractivity contribution in [2.45, 2.75) is 26.0 Å². The Morgan fingerprint density at radius 2 is 1.78 bits per heavy atom. The summed E-state index contributed by atoms with van der Waals surface area (Å²) in [5.74, 6) is 0.305. The number of likely N-dealkylation sites (tertiary alicyclic amines) is 1. The first-order valence-corrected chi connectivity index (χ1v) is 8.26. The summed E-state index contributed by atoms with van der Waals surface area (Å²) < 4.78 is 0. The van der Waals surface area contributed by atoms with Crippen molar-refractivity contribution in [1.82, 2.24) is 4.90 Å². The van der Waals surface area contributed by atoms with Gasteiger partial charge in [0.05, 0.1) is 6.61 Å². The molecule has 1 heterocycles. The molecule has 3 heteroatoms. The Morgan fingerprint density at radius 1 is 1.04 bits per heavy atom. The van der Waals surface area contributed by atoms with Gasteiger partial charge in [-0.2, -0.15) is 0 Å². The molecule has 1 unspecified atom stereocenters. The summed E-state index contributed by atoms with van der Waals surface area (Å²) >= 11 is 0. The van der Waals surface area contributed by atoms with Crippen molar-refractivity contribution in [2.75, 3.05) is 13.1 Å². The van der Waals surface area contributed by atoms with E-state index in [-0.39, 0.29) is 18.3 Å². The van der Waals surface area contributed by atoms with Gasteiger partial charge in [0.1, 0.15) is 0 Å². The normalized spacial score (nSPS) is 18.7. The fourth-order valence-electron chi connectivity index (χ4n) is 3.26. The minimum atomic E-state index is 0.0166. The van der Waals surface area contributed by atoms with E-state index in [1.165, 1.54) is 5.56 Å². The van der Waals surface area contributed by atoms with E-state index >= 15 is 0 Å². The van der Waals surface area contributed by atoms with Crippen molar-refractivity contribution in [3.63, 3.8) is 0 Å². The Hall–Kier alpha value is -1.97. The van der Waals surface area contributed by atoms with E-state index < -0.39 is 0 Å². The number of carbonyl (C=O) groups excluding carboxylic acids is 1. The van der Waals surface area contributed by atoms with Gasteiger partial charge in [0, 0.05) is 24.6 Å². The standard InChI is InChI=1S/C20H23NO2/c22-15-17-8-10-18(11-9-17)20(23)19-7-4-12-21(14-19)13-16-5-2-1-3-6-16/h1-3,5-6,8-11,19,22H,4,7,12-15H2. The molecular weight excluding hydrogens is 286 g/mol. The number of aliphatic hydroxyl groups is 1. The van der Waals surface area contributed by atoms with Crippen molar-refractivity contribution in [3.05, 3.63) is 71.3 Å². The molecule has 0 amide bonds. The molecule has 23 heavy (non-hydrogen) atoms. The minimum absolute atomic E-state index is 0.0166. The molecule has 1 aliphatic rings. The van der Waals surface area contributed by atoms with Gasteiger partial charge in [0.2, 0.25) is 0 Å². The number of Topliss-reactive ketones (excluding diaryl/α,β-unsaturated/α-hetero) is 1. The van der Waals surface area contributed by atoms with Gasteiger partial charge in [-0.3, -0.25) is 9.69 Å². The predicted octanol–water partition coefficient (Wildman–Crippen LogP) is 3.27. The van der Waals surface area contributed by atoms with Gasteiger partial charge in [0.15, 0.2) is 5.78 Å². The second-order valence-corrected chi connectivity index (χ2v) is 6.28. The first-order chi connectivity index (χ1) is 11.3. The van der Waals surface area contributed by atoms with Crippen LogP contribution in [0.1, 0.15) is 34.3 Å². The van der Waals surface area contributed by atoms with Crippen molar-refractivity contribution < 1.29 is 9.90 Å². The fourth-order valence-corrected chi connectivity index (χ4v) is 3.26. The van der Waals surface area contributed by atoms with Gasteiger partial charge < -0.3 is 5.11 Å². The van der Waals surface area contributed by atoms with Crippen LogP contribution in [0.2, 0.25) is 0 Å². The quantitative estimate of drug-likeness (QED) is 0.862. The highest BCUT2D eigenvalue weighted by atomic mass is 16.3. The van der Waals surface area contributed by atoms with E-state index in [0.717, 1.165) is 43.6 Å². The number of ketones is 1. The Kier molecular flexibility index (Phi) is 5.21. The van der Waals surface area contributed by atoms with Crippen molar-refractivity contribution >= 4 is 5.78 Å². The molecule has 0 saturated carbocycles. The first-order valence-electron chi connectivity index (χ1n) is 8.26. The Bertz CT molecular complexity index is 636. The molecule has 1 saturated heterocycles. The van der Waals surface area contributed by atoms with Crippen LogP contribution in [-0.2, 0) is 13.2 Å². The third-order valence-electron chi connectivity index (χ3n) is 4.55. The van der Waals surface area contributed by atoms with Crippen LogP contribution in [0, 0.1) is 5.92 Å². The van der Waals surface area contributed by atoms with Gasteiger partial charge in [-0.25, -0.2) is 0 Å². The summed E-state index contributed by atoms with van der Waals surface area (Å²) in [6.45, 7) is 2.81. The molecule has 1 aliphatic heterocycles. The smallest absolute Gasteiger partial charge is 0.167 e. The van der Waals surface area contributed by atoms with Gasteiger partial charge in [-0.1, -0.05) is 54.6 Å². The largest absolute Gasteiger partial charge is 0.392 e. The Labute approximate surface area is 137 Å². The highest BCUT2D eigenvalue weighted by Crippen LogP contribution is 2.22. The van der Waals surface area contributed by atoms with E-state index in [0.29, 0.717) is 0 Å². The van der Waals surface area contributed by atoms with Crippen molar-refractivity contribution in [3.8, 4) is 0 Å². The van der Waals surface area contributed by atoms with E-state index in [2.05, 4.69) is 29.2 Å². The topological polar surface area (TPSA) is 40.5 Å². The zero-order chi connectivity index (χ0) is 16.1. The first kappa shape index (κ1) is 15.9. The summed E-state index contributed by atoms with van der Waals surface area (Å²) in [4.78, 5) is 15.1. The molecule has 0 aliphatic carbocycles.